The maximum atomic E-state index is 12.7. The van der Waals surface area contributed by atoms with E-state index in [9.17, 15) is 14.7 Å². The van der Waals surface area contributed by atoms with E-state index in [0.29, 0.717) is 23.3 Å². The van der Waals surface area contributed by atoms with Gasteiger partial charge in [0.05, 0.1) is 38.6 Å². The first-order chi connectivity index (χ1) is 12.1. The summed E-state index contributed by atoms with van der Waals surface area (Å²) in [4.78, 5) is 25.2. The predicted molar refractivity (Wildman–Crippen MR) is 89.0 cm³/mol. The molecule has 0 spiro atoms. The van der Waals surface area contributed by atoms with E-state index in [4.69, 9.17) is 14.6 Å². The molecule has 0 fully saturated rings. The molecule has 2 aromatic rings. The van der Waals surface area contributed by atoms with Crippen molar-refractivity contribution in [2.45, 2.75) is 6.61 Å². The van der Waals surface area contributed by atoms with Gasteiger partial charge in [-0.15, -0.1) is 0 Å². The van der Waals surface area contributed by atoms with E-state index in [-0.39, 0.29) is 54.9 Å². The summed E-state index contributed by atoms with van der Waals surface area (Å²) in [6, 6.07) is 9.72. The van der Waals surface area contributed by atoms with E-state index in [1.807, 2.05) is 0 Å². The molecule has 0 aliphatic heterocycles. The van der Waals surface area contributed by atoms with Crippen molar-refractivity contribution in [3.8, 4) is 5.75 Å². The second-order valence-electron chi connectivity index (χ2n) is 5.59. The maximum Gasteiger partial charge on any atom is 0.198 e. The number of carbonyl (C=O) groups excluding carboxylic acids is 2. The molecule has 0 unspecified atom stereocenters. The van der Waals surface area contributed by atoms with Crippen LogP contribution in [0.15, 0.2) is 36.4 Å². The monoisotopic (exact) mass is 342 g/mol. The quantitative estimate of drug-likeness (QED) is 0.635. The molecule has 2 N–H and O–H groups in total. The number of fused-ring (bicyclic) bond motifs is 2. The van der Waals surface area contributed by atoms with Gasteiger partial charge in [0, 0.05) is 22.3 Å². The van der Waals surface area contributed by atoms with Gasteiger partial charge in [-0.25, -0.2) is 0 Å². The van der Waals surface area contributed by atoms with E-state index in [0.717, 1.165) is 0 Å². The molecule has 1 aliphatic carbocycles. The summed E-state index contributed by atoms with van der Waals surface area (Å²) in [5.74, 6) is -0.858. The third-order valence-electron chi connectivity index (χ3n) is 4.01. The van der Waals surface area contributed by atoms with Crippen LogP contribution in [0.4, 0.5) is 0 Å². The van der Waals surface area contributed by atoms with E-state index in [1.165, 1.54) is 0 Å². The molecule has 0 saturated heterocycles. The minimum atomic E-state index is -0.365. The van der Waals surface area contributed by atoms with Crippen LogP contribution in [0.5, 0.6) is 5.75 Å². The molecule has 25 heavy (non-hydrogen) atoms. The Hall–Kier alpha value is -2.54. The molecule has 0 atom stereocenters. The van der Waals surface area contributed by atoms with Crippen molar-refractivity contribution in [3.05, 3.63) is 64.2 Å². The lowest BCUT2D eigenvalue weighted by Crippen LogP contribution is -2.21. The van der Waals surface area contributed by atoms with Gasteiger partial charge in [0.2, 0.25) is 0 Å². The van der Waals surface area contributed by atoms with Gasteiger partial charge in [0.25, 0.3) is 0 Å². The Morgan fingerprint density at radius 2 is 1.48 bits per heavy atom. The minimum absolute atomic E-state index is 0.0290. The largest absolute Gasteiger partial charge is 0.507 e. The maximum absolute atomic E-state index is 12.7. The normalized spacial score (nSPS) is 12.8. The first kappa shape index (κ1) is 17.3. The van der Waals surface area contributed by atoms with Crippen molar-refractivity contribution in [3.63, 3.8) is 0 Å². The van der Waals surface area contributed by atoms with Crippen LogP contribution in [0, 0.1) is 0 Å². The number of aliphatic hydroxyl groups excluding tert-OH is 1. The fourth-order valence-electron chi connectivity index (χ4n) is 2.80. The molecule has 0 amide bonds. The SMILES string of the molecule is O=C1c2ccccc2C(=O)c2c1ccc(COCCOCCO)c2O. The molecule has 3 rings (SSSR count). The Morgan fingerprint density at radius 3 is 2.20 bits per heavy atom. The van der Waals surface area contributed by atoms with Gasteiger partial charge in [-0.05, 0) is 6.07 Å². The second kappa shape index (κ2) is 7.57. The molecule has 6 nitrogen and oxygen atoms in total. The Morgan fingerprint density at radius 1 is 0.800 bits per heavy atom. The fraction of sp³-hybridized carbons (Fsp3) is 0.263. The van der Waals surface area contributed by atoms with Crippen LogP contribution in [0.25, 0.3) is 0 Å². The number of hydrogen-bond acceptors (Lipinski definition) is 6. The highest BCUT2D eigenvalue weighted by Gasteiger charge is 2.32. The topological polar surface area (TPSA) is 93.1 Å². The van der Waals surface area contributed by atoms with Crippen LogP contribution in [0.2, 0.25) is 0 Å². The molecule has 2 aromatic carbocycles. The van der Waals surface area contributed by atoms with E-state index in [2.05, 4.69) is 0 Å². The number of hydrogen-bond donors (Lipinski definition) is 2. The van der Waals surface area contributed by atoms with Crippen LogP contribution in [-0.4, -0.2) is 48.2 Å². The lowest BCUT2D eigenvalue weighted by atomic mass is 9.83. The second-order valence-corrected chi connectivity index (χ2v) is 5.59. The first-order valence-electron chi connectivity index (χ1n) is 7.94. The number of phenolic OH excluding ortho intramolecular Hbond substituents is 1. The highest BCUT2D eigenvalue weighted by Crippen LogP contribution is 2.35. The highest BCUT2D eigenvalue weighted by molar-refractivity contribution is 6.29. The number of aliphatic hydroxyl groups is 1. The van der Waals surface area contributed by atoms with Crippen LogP contribution in [0.3, 0.4) is 0 Å². The van der Waals surface area contributed by atoms with E-state index in [1.54, 1.807) is 36.4 Å². The van der Waals surface area contributed by atoms with Crippen molar-refractivity contribution in [2.24, 2.45) is 0 Å². The van der Waals surface area contributed by atoms with Crippen LogP contribution < -0.4 is 0 Å². The van der Waals surface area contributed by atoms with Crippen molar-refractivity contribution < 1.29 is 29.3 Å². The number of aromatic hydroxyl groups is 1. The smallest absolute Gasteiger partial charge is 0.198 e. The minimum Gasteiger partial charge on any atom is -0.507 e. The molecular formula is C19H18O6. The number of phenols is 1. The van der Waals surface area contributed by atoms with Crippen molar-refractivity contribution >= 4 is 11.6 Å². The van der Waals surface area contributed by atoms with Crippen molar-refractivity contribution in [1.29, 1.82) is 0 Å². The Bertz CT molecular complexity index is 812. The van der Waals surface area contributed by atoms with Gasteiger partial charge in [-0.2, -0.15) is 0 Å². The summed E-state index contributed by atoms with van der Waals surface area (Å²) in [5.41, 5.74) is 1.31. The number of carbonyl (C=O) groups is 2. The number of benzene rings is 2. The molecule has 0 saturated carbocycles. The summed E-state index contributed by atoms with van der Waals surface area (Å²) in [7, 11) is 0. The summed E-state index contributed by atoms with van der Waals surface area (Å²) in [6.45, 7) is 0.876. The van der Waals surface area contributed by atoms with Gasteiger partial charge in [0.1, 0.15) is 5.75 Å². The number of rotatable bonds is 7. The lowest BCUT2D eigenvalue weighted by Gasteiger charge is -2.19. The van der Waals surface area contributed by atoms with E-state index >= 15 is 0 Å². The molecule has 0 bridgehead atoms. The van der Waals surface area contributed by atoms with Gasteiger partial charge < -0.3 is 19.7 Å². The summed E-state index contributed by atoms with van der Waals surface area (Å²) < 4.78 is 10.5. The molecule has 0 radical (unpaired) electrons. The summed E-state index contributed by atoms with van der Waals surface area (Å²) in [5, 5.41) is 19.1. The third kappa shape index (κ3) is 3.32. The average molecular weight is 342 g/mol. The molecule has 6 heteroatoms. The summed E-state index contributed by atoms with van der Waals surface area (Å²) >= 11 is 0. The molecular weight excluding hydrogens is 324 g/mol. The van der Waals surface area contributed by atoms with E-state index < -0.39 is 0 Å². The third-order valence-corrected chi connectivity index (χ3v) is 4.01. The van der Waals surface area contributed by atoms with Crippen LogP contribution >= 0.6 is 0 Å². The number of ketones is 2. The highest BCUT2D eigenvalue weighted by atomic mass is 16.5. The summed E-state index contributed by atoms with van der Waals surface area (Å²) in [6.07, 6.45) is 0. The molecule has 1 aliphatic rings. The van der Waals surface area contributed by atoms with Gasteiger partial charge in [0.15, 0.2) is 11.6 Å². The zero-order chi connectivity index (χ0) is 17.8. The zero-order valence-electron chi connectivity index (χ0n) is 13.5. The molecule has 0 aromatic heterocycles. The zero-order valence-corrected chi connectivity index (χ0v) is 13.5. The first-order valence-corrected chi connectivity index (χ1v) is 7.94. The van der Waals surface area contributed by atoms with Crippen molar-refractivity contribution in [1.82, 2.24) is 0 Å². The van der Waals surface area contributed by atoms with Crippen LogP contribution in [-0.2, 0) is 16.1 Å². The predicted octanol–water partition coefficient (Wildman–Crippen LogP) is 1.69. The molecule has 0 heterocycles. The van der Waals surface area contributed by atoms with Gasteiger partial charge in [-0.3, -0.25) is 9.59 Å². The van der Waals surface area contributed by atoms with Gasteiger partial charge in [-0.1, -0.05) is 30.3 Å². The number of ether oxygens (including phenoxy) is 2. The van der Waals surface area contributed by atoms with Crippen LogP contribution in [0.1, 0.15) is 37.4 Å². The fourth-order valence-corrected chi connectivity index (χ4v) is 2.80. The Labute approximate surface area is 144 Å². The Balaban J connectivity index is 1.80. The van der Waals surface area contributed by atoms with Gasteiger partial charge >= 0.3 is 0 Å². The average Bonchev–Trinajstić information content (AvgIpc) is 2.63. The molecule has 130 valence electrons. The standard InChI is InChI=1S/C19H18O6/c20-7-8-24-9-10-25-11-12-5-6-15-16(17(12)21)19(23)14-4-2-1-3-13(14)18(15)22/h1-6,20-21H,7-11H2. The van der Waals surface area contributed by atoms with Crippen molar-refractivity contribution in [2.75, 3.05) is 26.4 Å². The Kier molecular flexibility index (Phi) is 5.23. The lowest BCUT2D eigenvalue weighted by molar-refractivity contribution is 0.0269.